The summed E-state index contributed by atoms with van der Waals surface area (Å²) < 4.78 is 19.2. The third-order valence-electron chi connectivity index (χ3n) is 3.38. The minimum absolute atomic E-state index is 0.167. The minimum atomic E-state index is -0.167. The summed E-state index contributed by atoms with van der Waals surface area (Å²) in [6.45, 7) is 6.21. The van der Waals surface area contributed by atoms with Crippen molar-refractivity contribution in [3.63, 3.8) is 0 Å². The molecule has 2 rings (SSSR count). The van der Waals surface area contributed by atoms with Crippen molar-refractivity contribution in [3.05, 3.63) is 35.1 Å². The topological polar surface area (TPSA) is 21.3 Å². The molecule has 1 aliphatic carbocycles. The molecule has 2 nitrogen and oxygen atoms in total. The van der Waals surface area contributed by atoms with E-state index in [9.17, 15) is 4.39 Å². The number of rotatable bonds is 8. The molecule has 0 heterocycles. The van der Waals surface area contributed by atoms with Crippen LogP contribution in [0.3, 0.4) is 0 Å². The fraction of sp³-hybridized carbons (Fsp3) is 0.625. The van der Waals surface area contributed by atoms with Crippen LogP contribution in [-0.2, 0) is 17.9 Å². The van der Waals surface area contributed by atoms with Crippen LogP contribution in [-0.4, -0.2) is 12.6 Å². The van der Waals surface area contributed by atoms with Gasteiger partial charge in [-0.2, -0.15) is 0 Å². The van der Waals surface area contributed by atoms with Crippen molar-refractivity contribution in [2.45, 2.75) is 52.3 Å². The molecular formula is C16H24FNO. The Labute approximate surface area is 115 Å². The predicted molar refractivity (Wildman–Crippen MR) is 75.4 cm³/mol. The highest BCUT2D eigenvalue weighted by atomic mass is 19.1. The lowest BCUT2D eigenvalue weighted by Gasteiger charge is -2.09. The quantitative estimate of drug-likeness (QED) is 0.725. The molecule has 0 saturated heterocycles. The molecule has 0 spiro atoms. The zero-order chi connectivity index (χ0) is 13.7. The average molecular weight is 265 g/mol. The summed E-state index contributed by atoms with van der Waals surface area (Å²) in [6, 6.07) is 5.99. The molecule has 1 fully saturated rings. The SMILES string of the molecule is CC(C)CCOCc1cc(CNC2CC2)ccc1F. The summed E-state index contributed by atoms with van der Waals surface area (Å²) in [5.74, 6) is 0.457. The standard InChI is InChI=1S/C16H24FNO/c1-12(2)7-8-19-11-14-9-13(3-6-16(14)17)10-18-15-4-5-15/h3,6,9,12,15,18H,4-5,7-8,10-11H2,1-2H3. The number of nitrogens with one attached hydrogen (secondary N) is 1. The van der Waals surface area contributed by atoms with Crippen LogP contribution in [0.4, 0.5) is 4.39 Å². The van der Waals surface area contributed by atoms with Crippen molar-refractivity contribution < 1.29 is 9.13 Å². The van der Waals surface area contributed by atoms with Gasteiger partial charge in [-0.05, 0) is 42.9 Å². The Balaban J connectivity index is 1.81. The molecule has 1 saturated carbocycles. The molecule has 0 unspecified atom stereocenters. The molecule has 0 aliphatic heterocycles. The molecule has 0 bridgehead atoms. The minimum Gasteiger partial charge on any atom is -0.377 e. The number of halogens is 1. The molecule has 106 valence electrons. The second-order valence-corrected chi connectivity index (χ2v) is 5.82. The van der Waals surface area contributed by atoms with Gasteiger partial charge in [0.25, 0.3) is 0 Å². The van der Waals surface area contributed by atoms with E-state index in [0.717, 1.165) is 18.5 Å². The lowest BCUT2D eigenvalue weighted by molar-refractivity contribution is 0.108. The van der Waals surface area contributed by atoms with Gasteiger partial charge < -0.3 is 10.1 Å². The monoisotopic (exact) mass is 265 g/mol. The zero-order valence-corrected chi connectivity index (χ0v) is 11.9. The molecule has 0 atom stereocenters. The van der Waals surface area contributed by atoms with Gasteiger partial charge in [-0.15, -0.1) is 0 Å². The highest BCUT2D eigenvalue weighted by Crippen LogP contribution is 2.20. The smallest absolute Gasteiger partial charge is 0.128 e. The van der Waals surface area contributed by atoms with Crippen LogP contribution in [0.25, 0.3) is 0 Å². The van der Waals surface area contributed by atoms with E-state index in [1.807, 2.05) is 12.1 Å². The predicted octanol–water partition coefficient (Wildman–Crippen LogP) is 3.64. The molecule has 1 aromatic carbocycles. The lowest BCUT2D eigenvalue weighted by Crippen LogP contribution is -2.15. The molecule has 3 heteroatoms. The second-order valence-electron chi connectivity index (χ2n) is 5.82. The second kappa shape index (κ2) is 7.01. The van der Waals surface area contributed by atoms with E-state index in [4.69, 9.17) is 4.74 Å². The largest absolute Gasteiger partial charge is 0.377 e. The fourth-order valence-corrected chi connectivity index (χ4v) is 1.90. The van der Waals surface area contributed by atoms with Crippen molar-refractivity contribution in [3.8, 4) is 0 Å². The van der Waals surface area contributed by atoms with Crippen LogP contribution in [0.2, 0.25) is 0 Å². The normalized spacial score (nSPS) is 15.2. The molecule has 1 aromatic rings. The Hall–Kier alpha value is -0.930. The van der Waals surface area contributed by atoms with E-state index >= 15 is 0 Å². The Bertz CT molecular complexity index is 402. The van der Waals surface area contributed by atoms with Crippen LogP contribution >= 0.6 is 0 Å². The Morgan fingerprint density at radius 3 is 2.84 bits per heavy atom. The summed E-state index contributed by atoms with van der Waals surface area (Å²) in [7, 11) is 0. The van der Waals surface area contributed by atoms with Gasteiger partial charge >= 0.3 is 0 Å². The van der Waals surface area contributed by atoms with Gasteiger partial charge in [0.2, 0.25) is 0 Å². The van der Waals surface area contributed by atoms with Gasteiger partial charge in [0.1, 0.15) is 5.82 Å². The van der Waals surface area contributed by atoms with Crippen molar-refractivity contribution in [1.82, 2.24) is 5.32 Å². The summed E-state index contributed by atoms with van der Waals surface area (Å²) in [5.41, 5.74) is 1.80. The summed E-state index contributed by atoms with van der Waals surface area (Å²) in [4.78, 5) is 0. The number of hydrogen-bond acceptors (Lipinski definition) is 2. The first-order valence-corrected chi connectivity index (χ1v) is 7.23. The van der Waals surface area contributed by atoms with Crippen LogP contribution in [0.5, 0.6) is 0 Å². The van der Waals surface area contributed by atoms with Gasteiger partial charge in [-0.25, -0.2) is 4.39 Å². The van der Waals surface area contributed by atoms with Crippen molar-refractivity contribution in [1.29, 1.82) is 0 Å². The van der Waals surface area contributed by atoms with Crippen molar-refractivity contribution >= 4 is 0 Å². The van der Waals surface area contributed by atoms with E-state index in [1.165, 1.54) is 12.8 Å². The maximum absolute atomic E-state index is 13.7. The van der Waals surface area contributed by atoms with Gasteiger partial charge in [0.15, 0.2) is 0 Å². The molecule has 19 heavy (non-hydrogen) atoms. The fourth-order valence-electron chi connectivity index (χ4n) is 1.90. The Morgan fingerprint density at radius 2 is 2.16 bits per heavy atom. The first-order valence-electron chi connectivity index (χ1n) is 7.23. The molecular weight excluding hydrogens is 241 g/mol. The van der Waals surface area contributed by atoms with E-state index in [0.29, 0.717) is 30.7 Å². The Morgan fingerprint density at radius 1 is 1.37 bits per heavy atom. The summed E-state index contributed by atoms with van der Waals surface area (Å²) in [6.07, 6.45) is 3.56. The number of hydrogen-bond donors (Lipinski definition) is 1. The van der Waals surface area contributed by atoms with Crippen LogP contribution in [0.15, 0.2) is 18.2 Å². The van der Waals surface area contributed by atoms with Crippen LogP contribution < -0.4 is 5.32 Å². The van der Waals surface area contributed by atoms with Gasteiger partial charge in [0, 0.05) is 24.8 Å². The molecule has 0 aromatic heterocycles. The third kappa shape index (κ3) is 5.29. The lowest BCUT2D eigenvalue weighted by atomic mass is 10.1. The molecule has 1 aliphatic rings. The van der Waals surface area contributed by atoms with Gasteiger partial charge in [-0.3, -0.25) is 0 Å². The van der Waals surface area contributed by atoms with E-state index in [-0.39, 0.29) is 5.82 Å². The first kappa shape index (κ1) is 14.5. The molecule has 0 radical (unpaired) electrons. The van der Waals surface area contributed by atoms with E-state index < -0.39 is 0 Å². The highest BCUT2D eigenvalue weighted by Gasteiger charge is 2.20. The highest BCUT2D eigenvalue weighted by molar-refractivity contribution is 5.24. The van der Waals surface area contributed by atoms with Crippen molar-refractivity contribution in [2.24, 2.45) is 5.92 Å². The first-order chi connectivity index (χ1) is 9.15. The zero-order valence-electron chi connectivity index (χ0n) is 11.9. The van der Waals surface area contributed by atoms with Gasteiger partial charge in [0.05, 0.1) is 6.61 Å². The Kier molecular flexibility index (Phi) is 5.34. The summed E-state index contributed by atoms with van der Waals surface area (Å²) in [5, 5.41) is 3.44. The van der Waals surface area contributed by atoms with Crippen molar-refractivity contribution in [2.75, 3.05) is 6.61 Å². The van der Waals surface area contributed by atoms with E-state index in [2.05, 4.69) is 19.2 Å². The van der Waals surface area contributed by atoms with Gasteiger partial charge in [-0.1, -0.05) is 19.9 Å². The van der Waals surface area contributed by atoms with Crippen LogP contribution in [0, 0.1) is 11.7 Å². The van der Waals surface area contributed by atoms with E-state index in [1.54, 1.807) is 6.07 Å². The maximum atomic E-state index is 13.7. The third-order valence-corrected chi connectivity index (χ3v) is 3.38. The molecule has 1 N–H and O–H groups in total. The number of benzene rings is 1. The molecule has 0 amide bonds. The number of ether oxygens (including phenoxy) is 1. The summed E-state index contributed by atoms with van der Waals surface area (Å²) >= 11 is 0. The maximum Gasteiger partial charge on any atom is 0.128 e. The van der Waals surface area contributed by atoms with Crippen LogP contribution in [0.1, 0.15) is 44.2 Å². The average Bonchev–Trinajstić information content (AvgIpc) is 3.18.